The summed E-state index contributed by atoms with van der Waals surface area (Å²) < 4.78 is 27.6. The second-order valence-electron chi connectivity index (χ2n) is 4.34. The van der Waals surface area contributed by atoms with Gasteiger partial charge in [-0.3, -0.25) is 4.79 Å². The van der Waals surface area contributed by atoms with Crippen LogP contribution in [-0.2, 0) is 13.8 Å². The van der Waals surface area contributed by atoms with E-state index in [-0.39, 0.29) is 10.8 Å². The van der Waals surface area contributed by atoms with Gasteiger partial charge in [-0.2, -0.15) is 0 Å². The number of ether oxygens (including phenoxy) is 1. The topological polar surface area (TPSA) is 63.7 Å². The minimum absolute atomic E-state index is 0.00909. The predicted molar refractivity (Wildman–Crippen MR) is 77.7 cm³/mol. The van der Waals surface area contributed by atoms with Crippen LogP contribution >= 0.6 is 10.7 Å². The number of nitrogens with zero attached hydrogens (tertiary/aromatic N) is 1. The summed E-state index contributed by atoms with van der Waals surface area (Å²) in [4.78, 5) is 13.7. The lowest BCUT2D eigenvalue weighted by molar-refractivity contribution is 0.0709. The van der Waals surface area contributed by atoms with Crippen molar-refractivity contribution >= 4 is 25.6 Å². The average Bonchev–Trinajstić information content (AvgIpc) is 2.37. The Morgan fingerprint density at radius 2 is 2.05 bits per heavy atom. The molecule has 0 unspecified atom stereocenters. The van der Waals surface area contributed by atoms with Crippen molar-refractivity contribution in [3.05, 3.63) is 29.3 Å². The Balaban J connectivity index is 2.89. The first-order valence-electron chi connectivity index (χ1n) is 6.16. The molecule has 0 aromatic heterocycles. The Kier molecular flexibility index (Phi) is 5.98. The van der Waals surface area contributed by atoms with Crippen LogP contribution < -0.4 is 0 Å². The molecule has 0 heterocycles. The normalized spacial score (nSPS) is 11.4. The molecule has 5 nitrogen and oxygen atoms in total. The van der Waals surface area contributed by atoms with E-state index in [0.717, 1.165) is 0 Å². The number of halogens is 1. The summed E-state index contributed by atoms with van der Waals surface area (Å²) in [5, 5.41) is 0. The van der Waals surface area contributed by atoms with E-state index in [1.807, 2.05) is 6.92 Å². The molecule has 0 saturated carbocycles. The summed E-state index contributed by atoms with van der Waals surface area (Å²) in [7, 11) is 3.17. The zero-order valence-electron chi connectivity index (χ0n) is 11.7. The molecule has 1 aromatic carbocycles. The van der Waals surface area contributed by atoms with E-state index in [1.54, 1.807) is 14.0 Å². The molecule has 20 heavy (non-hydrogen) atoms. The monoisotopic (exact) mass is 319 g/mol. The number of carbonyl (C=O) groups excluding carboxylic acids is 1. The van der Waals surface area contributed by atoms with E-state index in [1.165, 1.54) is 23.1 Å². The second-order valence-corrected chi connectivity index (χ2v) is 6.90. The average molecular weight is 320 g/mol. The molecule has 0 aliphatic carbocycles. The summed E-state index contributed by atoms with van der Waals surface area (Å²) in [6, 6.07) is 4.20. The summed E-state index contributed by atoms with van der Waals surface area (Å²) in [6.07, 6.45) is 0. The lowest BCUT2D eigenvalue weighted by atomic mass is 10.1. The van der Waals surface area contributed by atoms with Gasteiger partial charge in [-0.05, 0) is 37.6 Å². The van der Waals surface area contributed by atoms with Gasteiger partial charge in [-0.1, -0.05) is 0 Å². The Hall–Kier alpha value is -1.11. The zero-order valence-corrected chi connectivity index (χ0v) is 13.3. The molecule has 0 saturated heterocycles. The van der Waals surface area contributed by atoms with Gasteiger partial charge in [0.05, 0.1) is 11.5 Å². The number of hydrogen-bond acceptors (Lipinski definition) is 4. The maximum Gasteiger partial charge on any atom is 0.261 e. The number of hydrogen-bond donors (Lipinski definition) is 0. The quantitative estimate of drug-likeness (QED) is 0.594. The van der Waals surface area contributed by atoms with Crippen molar-refractivity contribution in [3.8, 4) is 0 Å². The molecule has 0 fully saturated rings. The lowest BCUT2D eigenvalue weighted by Gasteiger charge is -2.18. The molecule has 0 spiro atoms. The summed E-state index contributed by atoms with van der Waals surface area (Å²) in [6.45, 7) is 5.10. The molecule has 0 aliphatic rings. The highest BCUT2D eigenvalue weighted by Crippen LogP contribution is 2.19. The van der Waals surface area contributed by atoms with Crippen LogP contribution in [0.3, 0.4) is 0 Å². The van der Waals surface area contributed by atoms with Crippen molar-refractivity contribution in [2.45, 2.75) is 18.7 Å². The molecule has 0 aliphatic heterocycles. The van der Waals surface area contributed by atoms with Crippen LogP contribution in [0.2, 0.25) is 0 Å². The van der Waals surface area contributed by atoms with Crippen molar-refractivity contribution in [1.82, 2.24) is 4.90 Å². The van der Waals surface area contributed by atoms with E-state index in [4.69, 9.17) is 15.4 Å². The largest absolute Gasteiger partial charge is 0.380 e. The summed E-state index contributed by atoms with van der Waals surface area (Å²) in [5.74, 6) is -0.180. The van der Waals surface area contributed by atoms with Gasteiger partial charge in [0.15, 0.2) is 0 Å². The summed E-state index contributed by atoms with van der Waals surface area (Å²) in [5.41, 5.74) is 1.02. The molecule has 112 valence electrons. The first-order chi connectivity index (χ1) is 9.27. The predicted octanol–water partition coefficient (Wildman–Crippen LogP) is 2.03. The van der Waals surface area contributed by atoms with Gasteiger partial charge in [-0.25, -0.2) is 8.42 Å². The molecule has 0 radical (unpaired) electrons. The molecule has 1 amide bonds. The molecule has 0 bridgehead atoms. The van der Waals surface area contributed by atoms with E-state index in [9.17, 15) is 13.2 Å². The number of amides is 1. The number of likely N-dealkylation sites (N-methyl/N-ethyl adjacent to an activating group) is 1. The number of carbonyl (C=O) groups is 1. The highest BCUT2D eigenvalue weighted by Gasteiger charge is 2.17. The number of benzene rings is 1. The van der Waals surface area contributed by atoms with Gasteiger partial charge in [-0.15, -0.1) is 0 Å². The molecule has 1 rings (SSSR count). The van der Waals surface area contributed by atoms with Gasteiger partial charge in [0.2, 0.25) is 0 Å². The highest BCUT2D eigenvalue weighted by molar-refractivity contribution is 8.13. The highest BCUT2D eigenvalue weighted by atomic mass is 35.7. The second kappa shape index (κ2) is 7.06. The Bertz CT molecular complexity index is 586. The van der Waals surface area contributed by atoms with Gasteiger partial charge < -0.3 is 9.64 Å². The lowest BCUT2D eigenvalue weighted by Crippen LogP contribution is -2.30. The third-order valence-electron chi connectivity index (χ3n) is 2.83. The Morgan fingerprint density at radius 1 is 1.40 bits per heavy atom. The van der Waals surface area contributed by atoms with Crippen molar-refractivity contribution in [1.29, 1.82) is 0 Å². The van der Waals surface area contributed by atoms with Crippen LogP contribution in [0.5, 0.6) is 0 Å². The minimum atomic E-state index is -3.78. The van der Waals surface area contributed by atoms with Crippen LogP contribution in [0.4, 0.5) is 0 Å². The number of aryl methyl sites for hydroxylation is 1. The van der Waals surface area contributed by atoms with Crippen LogP contribution in [0.25, 0.3) is 0 Å². The number of rotatable bonds is 6. The van der Waals surface area contributed by atoms with Gasteiger partial charge >= 0.3 is 0 Å². The Labute approximate surface area is 123 Å². The van der Waals surface area contributed by atoms with Crippen molar-refractivity contribution in [2.24, 2.45) is 0 Å². The Morgan fingerprint density at radius 3 is 2.55 bits per heavy atom. The standard InChI is InChI=1S/C13H18ClNO4S/c1-4-19-8-7-15(3)13(16)12-6-5-11(9-10(12)2)20(14,17)18/h5-6,9H,4,7-8H2,1-3H3. The molecular weight excluding hydrogens is 302 g/mol. The van der Waals surface area contributed by atoms with E-state index >= 15 is 0 Å². The maximum absolute atomic E-state index is 12.2. The fourth-order valence-electron chi connectivity index (χ4n) is 1.68. The van der Waals surface area contributed by atoms with Crippen LogP contribution in [0.15, 0.2) is 23.1 Å². The van der Waals surface area contributed by atoms with Crippen molar-refractivity contribution < 1.29 is 17.9 Å². The fourth-order valence-corrected chi connectivity index (χ4v) is 2.52. The van der Waals surface area contributed by atoms with E-state index in [0.29, 0.717) is 30.9 Å². The SMILES string of the molecule is CCOCCN(C)C(=O)c1ccc(S(=O)(=O)Cl)cc1C. The first kappa shape index (κ1) is 16.9. The van der Waals surface area contributed by atoms with Crippen LogP contribution in [0.1, 0.15) is 22.8 Å². The van der Waals surface area contributed by atoms with Gasteiger partial charge in [0.1, 0.15) is 0 Å². The maximum atomic E-state index is 12.2. The van der Waals surface area contributed by atoms with Crippen LogP contribution in [0, 0.1) is 6.92 Å². The zero-order chi connectivity index (χ0) is 15.3. The minimum Gasteiger partial charge on any atom is -0.380 e. The third-order valence-corrected chi connectivity index (χ3v) is 4.18. The third kappa shape index (κ3) is 4.47. The smallest absolute Gasteiger partial charge is 0.261 e. The van der Waals surface area contributed by atoms with Crippen molar-refractivity contribution in [2.75, 3.05) is 26.8 Å². The molecular formula is C13H18ClNO4S. The van der Waals surface area contributed by atoms with Gasteiger partial charge in [0, 0.05) is 36.4 Å². The van der Waals surface area contributed by atoms with Gasteiger partial charge in [0.25, 0.3) is 15.0 Å². The molecule has 1 aromatic rings. The van der Waals surface area contributed by atoms with E-state index < -0.39 is 9.05 Å². The molecule has 7 heteroatoms. The first-order valence-corrected chi connectivity index (χ1v) is 8.46. The fraction of sp³-hybridized carbons (Fsp3) is 0.462. The summed E-state index contributed by atoms with van der Waals surface area (Å²) >= 11 is 0. The van der Waals surface area contributed by atoms with Crippen LogP contribution in [-0.4, -0.2) is 46.0 Å². The van der Waals surface area contributed by atoms with Crippen molar-refractivity contribution in [3.63, 3.8) is 0 Å². The molecule has 0 atom stereocenters. The van der Waals surface area contributed by atoms with E-state index in [2.05, 4.69) is 0 Å². The molecule has 0 N–H and O–H groups in total.